The van der Waals surface area contributed by atoms with E-state index in [1.165, 1.54) is 0 Å². The molecule has 1 N–H and O–H groups in total. The Labute approximate surface area is 178 Å². The van der Waals surface area contributed by atoms with E-state index in [4.69, 9.17) is 11.6 Å². The minimum absolute atomic E-state index is 0.0430. The molecule has 1 amide bonds. The number of amides is 1. The van der Waals surface area contributed by atoms with Crippen LogP contribution in [-0.4, -0.2) is 63.4 Å². The fourth-order valence-corrected chi connectivity index (χ4v) is 4.12. The summed E-state index contributed by atoms with van der Waals surface area (Å²) in [5, 5.41) is 6.34. The van der Waals surface area contributed by atoms with Gasteiger partial charge in [-0.15, -0.1) is 11.3 Å². The first-order valence-corrected chi connectivity index (χ1v) is 10.6. The number of anilines is 1. The fraction of sp³-hybridized carbons (Fsp3) is 0.300. The smallest absolute Gasteiger partial charge is 0.238 e. The number of piperazine rings is 1. The van der Waals surface area contributed by atoms with E-state index in [-0.39, 0.29) is 5.91 Å². The Morgan fingerprint density at radius 3 is 2.55 bits per heavy atom. The second kappa shape index (κ2) is 9.41. The molecule has 29 heavy (non-hydrogen) atoms. The monoisotopic (exact) mass is 428 g/mol. The average molecular weight is 429 g/mol. The van der Waals surface area contributed by atoms with Crippen molar-refractivity contribution in [2.45, 2.75) is 6.54 Å². The van der Waals surface area contributed by atoms with Crippen molar-refractivity contribution in [2.24, 2.45) is 0 Å². The van der Waals surface area contributed by atoms with Crippen molar-refractivity contribution in [2.75, 3.05) is 38.0 Å². The fourth-order valence-electron chi connectivity index (χ4n) is 3.18. The van der Waals surface area contributed by atoms with Gasteiger partial charge in [0.1, 0.15) is 0 Å². The molecule has 1 fully saturated rings. The molecule has 0 spiro atoms. The molecule has 1 aliphatic rings. The van der Waals surface area contributed by atoms with E-state index in [2.05, 4.69) is 35.4 Å². The van der Waals surface area contributed by atoms with E-state index in [0.717, 1.165) is 43.4 Å². The maximum Gasteiger partial charge on any atom is 0.238 e. The van der Waals surface area contributed by atoms with E-state index < -0.39 is 0 Å². The van der Waals surface area contributed by atoms with E-state index >= 15 is 0 Å². The SMILES string of the molecule is O=C(CN1CCN(Cc2csc(-c3ncccn3)n2)CC1)Nc1ccccc1Cl. The lowest BCUT2D eigenvalue weighted by molar-refractivity contribution is -0.117. The van der Waals surface area contributed by atoms with Crippen LogP contribution in [-0.2, 0) is 11.3 Å². The molecule has 0 aliphatic carbocycles. The van der Waals surface area contributed by atoms with Gasteiger partial charge in [-0.05, 0) is 18.2 Å². The number of nitrogens with zero attached hydrogens (tertiary/aromatic N) is 5. The van der Waals surface area contributed by atoms with Gasteiger partial charge < -0.3 is 5.32 Å². The minimum atomic E-state index is -0.0430. The Bertz CT molecular complexity index is 958. The first-order valence-electron chi connectivity index (χ1n) is 9.38. The maximum absolute atomic E-state index is 12.3. The van der Waals surface area contributed by atoms with Gasteiger partial charge in [0.05, 0.1) is 22.9 Å². The lowest BCUT2D eigenvalue weighted by Crippen LogP contribution is -2.48. The topological polar surface area (TPSA) is 74.2 Å². The van der Waals surface area contributed by atoms with E-state index in [9.17, 15) is 4.79 Å². The molecule has 9 heteroatoms. The zero-order valence-electron chi connectivity index (χ0n) is 15.8. The van der Waals surface area contributed by atoms with Crippen molar-refractivity contribution < 1.29 is 4.79 Å². The molecule has 150 valence electrons. The van der Waals surface area contributed by atoms with Crippen molar-refractivity contribution in [3.63, 3.8) is 0 Å². The van der Waals surface area contributed by atoms with Crippen LogP contribution in [0.25, 0.3) is 10.8 Å². The van der Waals surface area contributed by atoms with Gasteiger partial charge in [-0.3, -0.25) is 14.6 Å². The number of benzene rings is 1. The predicted molar refractivity (Wildman–Crippen MR) is 115 cm³/mol. The molecule has 3 heterocycles. The van der Waals surface area contributed by atoms with Crippen molar-refractivity contribution >= 4 is 34.5 Å². The number of halogens is 1. The molecule has 0 bridgehead atoms. The number of para-hydroxylation sites is 1. The van der Waals surface area contributed by atoms with E-state index in [1.807, 2.05) is 12.1 Å². The third kappa shape index (κ3) is 5.36. The number of carbonyl (C=O) groups is 1. The van der Waals surface area contributed by atoms with Crippen LogP contribution in [0.15, 0.2) is 48.1 Å². The number of hydrogen-bond donors (Lipinski definition) is 1. The number of nitrogens with one attached hydrogen (secondary N) is 1. The zero-order valence-corrected chi connectivity index (χ0v) is 17.4. The highest BCUT2D eigenvalue weighted by molar-refractivity contribution is 7.13. The molecule has 4 rings (SSSR count). The Morgan fingerprint density at radius 2 is 1.79 bits per heavy atom. The summed E-state index contributed by atoms with van der Waals surface area (Å²) in [7, 11) is 0. The second-order valence-corrected chi connectivity index (χ2v) is 8.06. The van der Waals surface area contributed by atoms with Crippen LogP contribution in [0.2, 0.25) is 5.02 Å². The molecular weight excluding hydrogens is 408 g/mol. The molecule has 2 aromatic heterocycles. The summed E-state index contributed by atoms with van der Waals surface area (Å²) in [4.78, 5) is 30.0. The molecule has 1 aliphatic heterocycles. The highest BCUT2D eigenvalue weighted by atomic mass is 35.5. The van der Waals surface area contributed by atoms with E-state index in [0.29, 0.717) is 23.1 Å². The predicted octanol–water partition coefficient (Wildman–Crippen LogP) is 3.01. The number of carbonyl (C=O) groups excluding carboxylic acids is 1. The quantitative estimate of drug-likeness (QED) is 0.650. The average Bonchev–Trinajstić information content (AvgIpc) is 3.20. The van der Waals surface area contributed by atoms with Crippen molar-refractivity contribution in [3.8, 4) is 10.8 Å². The van der Waals surface area contributed by atoms with Gasteiger partial charge in [0.15, 0.2) is 10.8 Å². The number of rotatable bonds is 6. The number of hydrogen-bond acceptors (Lipinski definition) is 7. The normalized spacial score (nSPS) is 15.3. The van der Waals surface area contributed by atoms with Gasteiger partial charge in [0, 0.05) is 50.5 Å². The summed E-state index contributed by atoms with van der Waals surface area (Å²) in [6.45, 7) is 4.64. The third-order valence-electron chi connectivity index (χ3n) is 4.67. The van der Waals surface area contributed by atoms with Gasteiger partial charge in [-0.25, -0.2) is 15.0 Å². The van der Waals surface area contributed by atoms with Gasteiger partial charge in [-0.1, -0.05) is 23.7 Å². The van der Waals surface area contributed by atoms with Crippen LogP contribution in [0.3, 0.4) is 0 Å². The summed E-state index contributed by atoms with van der Waals surface area (Å²) >= 11 is 7.67. The Hall–Kier alpha value is -2.39. The number of thiazole rings is 1. The van der Waals surface area contributed by atoms with Crippen molar-refractivity contribution in [1.29, 1.82) is 0 Å². The summed E-state index contributed by atoms with van der Waals surface area (Å²) in [5.74, 6) is 0.622. The van der Waals surface area contributed by atoms with Crippen LogP contribution in [0, 0.1) is 0 Å². The minimum Gasteiger partial charge on any atom is -0.324 e. The number of aromatic nitrogens is 3. The van der Waals surface area contributed by atoms with Gasteiger partial charge in [0.25, 0.3) is 0 Å². The van der Waals surface area contributed by atoms with Gasteiger partial charge >= 0.3 is 0 Å². The Morgan fingerprint density at radius 1 is 1.07 bits per heavy atom. The highest BCUT2D eigenvalue weighted by Gasteiger charge is 2.20. The largest absolute Gasteiger partial charge is 0.324 e. The molecule has 1 saturated heterocycles. The maximum atomic E-state index is 12.3. The molecular formula is C20H21ClN6OS. The first kappa shape index (κ1) is 19.9. The van der Waals surface area contributed by atoms with Gasteiger partial charge in [-0.2, -0.15) is 0 Å². The van der Waals surface area contributed by atoms with Crippen molar-refractivity contribution in [3.05, 3.63) is 58.8 Å². The van der Waals surface area contributed by atoms with Crippen LogP contribution < -0.4 is 5.32 Å². The van der Waals surface area contributed by atoms with Crippen LogP contribution in [0.5, 0.6) is 0 Å². The summed E-state index contributed by atoms with van der Waals surface area (Å²) < 4.78 is 0. The molecule has 0 radical (unpaired) electrons. The molecule has 0 saturated carbocycles. The van der Waals surface area contributed by atoms with Crippen LogP contribution in [0.4, 0.5) is 5.69 Å². The Balaban J connectivity index is 1.24. The second-order valence-electron chi connectivity index (χ2n) is 6.80. The molecule has 1 aromatic carbocycles. The Kier molecular flexibility index (Phi) is 6.46. The van der Waals surface area contributed by atoms with Crippen LogP contribution >= 0.6 is 22.9 Å². The molecule has 7 nitrogen and oxygen atoms in total. The van der Waals surface area contributed by atoms with E-state index in [1.54, 1.807) is 41.9 Å². The summed E-state index contributed by atoms with van der Waals surface area (Å²) in [6, 6.07) is 9.07. The summed E-state index contributed by atoms with van der Waals surface area (Å²) in [6.07, 6.45) is 3.45. The third-order valence-corrected chi connectivity index (χ3v) is 5.89. The summed E-state index contributed by atoms with van der Waals surface area (Å²) in [5.41, 5.74) is 1.68. The molecule has 0 unspecified atom stereocenters. The zero-order chi connectivity index (χ0) is 20.1. The standard InChI is InChI=1S/C20H21ClN6OS/c21-16-4-1-2-5-17(16)25-18(28)13-27-10-8-26(9-11-27)12-15-14-29-20(24-15)19-22-6-3-7-23-19/h1-7,14H,8-13H2,(H,25,28). The van der Waals surface area contributed by atoms with Crippen LogP contribution in [0.1, 0.15) is 5.69 Å². The lowest BCUT2D eigenvalue weighted by atomic mass is 10.3. The lowest BCUT2D eigenvalue weighted by Gasteiger charge is -2.33. The molecule has 0 atom stereocenters. The molecule has 3 aromatic rings. The van der Waals surface area contributed by atoms with Gasteiger partial charge in [0.2, 0.25) is 5.91 Å². The highest BCUT2D eigenvalue weighted by Crippen LogP contribution is 2.21. The van der Waals surface area contributed by atoms with Crippen molar-refractivity contribution in [1.82, 2.24) is 24.8 Å². The first-order chi connectivity index (χ1) is 14.2.